The largest absolute Gasteiger partial charge is 0.484 e. The van der Waals surface area contributed by atoms with E-state index in [0.717, 1.165) is 12.2 Å². The molecule has 0 amide bonds. The highest BCUT2D eigenvalue weighted by Crippen LogP contribution is 2.15. The summed E-state index contributed by atoms with van der Waals surface area (Å²) in [7, 11) is 0. The molecular weight excluding hydrogens is 218 g/mol. The maximum absolute atomic E-state index is 5.56. The van der Waals surface area contributed by atoms with Crippen LogP contribution in [0.4, 0.5) is 0 Å². The Labute approximate surface area is 99.6 Å². The number of hydrogen-bond donors (Lipinski definition) is 1. The fraction of sp³-hybridized carbons (Fsp3) is 0.333. The van der Waals surface area contributed by atoms with E-state index >= 15 is 0 Å². The number of nitrogens with zero attached hydrogens (tertiary/aromatic N) is 2. The van der Waals surface area contributed by atoms with E-state index in [1.165, 1.54) is 5.56 Å². The molecule has 0 fully saturated rings. The summed E-state index contributed by atoms with van der Waals surface area (Å²) in [6.07, 6.45) is 0.981. The van der Waals surface area contributed by atoms with Gasteiger partial charge >= 0.3 is 0 Å². The molecule has 2 rings (SSSR count). The van der Waals surface area contributed by atoms with E-state index in [1.54, 1.807) is 0 Å². The Morgan fingerprint density at radius 3 is 2.82 bits per heavy atom. The van der Waals surface area contributed by atoms with Crippen LogP contribution in [0.1, 0.15) is 24.3 Å². The van der Waals surface area contributed by atoms with Gasteiger partial charge in [-0.1, -0.05) is 19.1 Å². The van der Waals surface area contributed by atoms with Gasteiger partial charge in [0.15, 0.2) is 6.61 Å². The maximum atomic E-state index is 5.56. The zero-order valence-corrected chi connectivity index (χ0v) is 9.72. The van der Waals surface area contributed by atoms with Crippen LogP contribution in [-0.4, -0.2) is 10.2 Å². The smallest absolute Gasteiger partial charge is 0.253 e. The lowest BCUT2D eigenvalue weighted by Crippen LogP contribution is -1.96. The van der Waals surface area contributed by atoms with Crippen LogP contribution in [0.5, 0.6) is 5.75 Å². The highest BCUT2D eigenvalue weighted by atomic mass is 16.5. The number of nitrogens with two attached hydrogens (primary N) is 1. The van der Waals surface area contributed by atoms with Gasteiger partial charge in [0.2, 0.25) is 5.89 Å². The lowest BCUT2D eigenvalue weighted by Gasteiger charge is -2.04. The van der Waals surface area contributed by atoms with Crippen molar-refractivity contribution >= 4 is 0 Å². The first-order valence-corrected chi connectivity index (χ1v) is 5.55. The van der Waals surface area contributed by atoms with Crippen molar-refractivity contribution < 1.29 is 9.15 Å². The van der Waals surface area contributed by atoms with E-state index in [-0.39, 0.29) is 13.2 Å². The Morgan fingerprint density at radius 1 is 1.29 bits per heavy atom. The van der Waals surface area contributed by atoms with Gasteiger partial charge in [-0.25, -0.2) is 0 Å². The predicted molar refractivity (Wildman–Crippen MR) is 62.3 cm³/mol. The lowest BCUT2D eigenvalue weighted by molar-refractivity contribution is 0.259. The fourth-order valence-corrected chi connectivity index (χ4v) is 1.43. The van der Waals surface area contributed by atoms with Crippen molar-refractivity contribution in [2.75, 3.05) is 0 Å². The molecule has 5 nitrogen and oxygen atoms in total. The molecule has 1 aromatic heterocycles. The number of aryl methyl sites for hydroxylation is 1. The summed E-state index contributed by atoms with van der Waals surface area (Å²) in [4.78, 5) is 0. The van der Waals surface area contributed by atoms with Crippen LogP contribution in [0.15, 0.2) is 28.7 Å². The third-order valence-corrected chi connectivity index (χ3v) is 2.35. The molecule has 0 spiro atoms. The average Bonchev–Trinajstić information content (AvgIpc) is 2.84. The summed E-state index contributed by atoms with van der Waals surface area (Å²) in [5.74, 6) is 1.66. The Kier molecular flexibility index (Phi) is 3.72. The van der Waals surface area contributed by atoms with Crippen LogP contribution in [0.25, 0.3) is 0 Å². The molecule has 0 aliphatic carbocycles. The molecule has 2 N–H and O–H groups in total. The third-order valence-electron chi connectivity index (χ3n) is 2.35. The van der Waals surface area contributed by atoms with Crippen molar-refractivity contribution in [3.05, 3.63) is 41.6 Å². The molecule has 5 heteroatoms. The summed E-state index contributed by atoms with van der Waals surface area (Å²) < 4.78 is 10.8. The Hall–Kier alpha value is -1.88. The van der Waals surface area contributed by atoms with E-state index in [0.29, 0.717) is 11.8 Å². The third kappa shape index (κ3) is 3.04. The van der Waals surface area contributed by atoms with Crippen LogP contribution >= 0.6 is 0 Å². The van der Waals surface area contributed by atoms with Gasteiger partial charge in [-0.05, 0) is 24.1 Å². The van der Waals surface area contributed by atoms with Crippen LogP contribution in [-0.2, 0) is 19.6 Å². The second-order valence-corrected chi connectivity index (χ2v) is 3.58. The zero-order chi connectivity index (χ0) is 12.1. The number of rotatable bonds is 5. The first-order valence-electron chi connectivity index (χ1n) is 5.55. The van der Waals surface area contributed by atoms with Crippen LogP contribution in [0.3, 0.4) is 0 Å². The molecule has 0 saturated heterocycles. The first kappa shape index (κ1) is 11.6. The molecule has 1 heterocycles. The van der Waals surface area contributed by atoms with E-state index in [9.17, 15) is 0 Å². The minimum Gasteiger partial charge on any atom is -0.484 e. The van der Waals surface area contributed by atoms with Gasteiger partial charge in [0, 0.05) is 0 Å². The monoisotopic (exact) mass is 233 g/mol. The molecule has 0 atom stereocenters. The molecule has 0 aliphatic rings. The highest BCUT2D eigenvalue weighted by Gasteiger charge is 2.05. The fourth-order valence-electron chi connectivity index (χ4n) is 1.43. The van der Waals surface area contributed by atoms with E-state index in [1.807, 2.05) is 18.2 Å². The van der Waals surface area contributed by atoms with Crippen LogP contribution < -0.4 is 10.5 Å². The number of ether oxygens (including phenoxy) is 1. The normalized spacial score (nSPS) is 10.5. The molecule has 0 unspecified atom stereocenters. The Bertz CT molecular complexity index is 482. The predicted octanol–water partition coefficient (Wildman–Crippen LogP) is 1.67. The van der Waals surface area contributed by atoms with E-state index < -0.39 is 0 Å². The summed E-state index contributed by atoms with van der Waals surface area (Å²) >= 11 is 0. The minimum absolute atomic E-state index is 0.248. The molecule has 2 aromatic rings. The van der Waals surface area contributed by atoms with Crippen molar-refractivity contribution in [3.63, 3.8) is 0 Å². The zero-order valence-electron chi connectivity index (χ0n) is 9.72. The Balaban J connectivity index is 1.96. The summed E-state index contributed by atoms with van der Waals surface area (Å²) in [6, 6.07) is 7.93. The quantitative estimate of drug-likeness (QED) is 0.850. The molecule has 1 aromatic carbocycles. The van der Waals surface area contributed by atoms with Crippen LogP contribution in [0, 0.1) is 0 Å². The Morgan fingerprint density at radius 2 is 2.12 bits per heavy atom. The molecule has 0 aliphatic heterocycles. The van der Waals surface area contributed by atoms with Gasteiger partial charge in [-0.15, -0.1) is 10.2 Å². The molecule has 0 bridgehead atoms. The van der Waals surface area contributed by atoms with Crippen molar-refractivity contribution in [2.45, 2.75) is 26.5 Å². The summed E-state index contributed by atoms with van der Waals surface area (Å²) in [6.45, 7) is 2.61. The highest BCUT2D eigenvalue weighted by molar-refractivity contribution is 5.28. The second-order valence-electron chi connectivity index (χ2n) is 3.58. The molecule has 0 saturated carbocycles. The van der Waals surface area contributed by atoms with Crippen molar-refractivity contribution in [1.82, 2.24) is 10.2 Å². The molecular formula is C12H15N3O2. The SMILES string of the molecule is CCc1cccc(OCc2nnc(CN)o2)c1. The first-order chi connectivity index (χ1) is 8.31. The van der Waals surface area contributed by atoms with Gasteiger partial charge in [0.25, 0.3) is 5.89 Å². The molecule has 90 valence electrons. The summed E-state index contributed by atoms with van der Waals surface area (Å²) in [5.41, 5.74) is 6.60. The number of benzene rings is 1. The average molecular weight is 233 g/mol. The van der Waals surface area contributed by atoms with Gasteiger partial charge in [0.1, 0.15) is 5.75 Å². The molecule has 0 radical (unpaired) electrons. The van der Waals surface area contributed by atoms with Gasteiger partial charge in [0.05, 0.1) is 6.54 Å². The summed E-state index contributed by atoms with van der Waals surface area (Å²) in [5, 5.41) is 7.58. The lowest BCUT2D eigenvalue weighted by atomic mass is 10.2. The van der Waals surface area contributed by atoms with Crippen LogP contribution in [0.2, 0.25) is 0 Å². The minimum atomic E-state index is 0.248. The topological polar surface area (TPSA) is 74.2 Å². The van der Waals surface area contributed by atoms with Gasteiger partial charge in [-0.2, -0.15) is 0 Å². The van der Waals surface area contributed by atoms with Gasteiger partial charge in [-0.3, -0.25) is 0 Å². The number of hydrogen-bond acceptors (Lipinski definition) is 5. The standard InChI is InChI=1S/C12H15N3O2/c1-2-9-4-3-5-10(6-9)16-8-12-15-14-11(7-13)17-12/h3-6H,2,7-8,13H2,1H3. The van der Waals surface area contributed by atoms with Crippen molar-refractivity contribution in [2.24, 2.45) is 5.73 Å². The second kappa shape index (κ2) is 5.45. The van der Waals surface area contributed by atoms with E-state index in [4.69, 9.17) is 14.9 Å². The van der Waals surface area contributed by atoms with E-state index in [2.05, 4.69) is 23.2 Å². The number of aromatic nitrogens is 2. The van der Waals surface area contributed by atoms with Crippen molar-refractivity contribution in [3.8, 4) is 5.75 Å². The van der Waals surface area contributed by atoms with Crippen molar-refractivity contribution in [1.29, 1.82) is 0 Å². The molecule has 17 heavy (non-hydrogen) atoms. The van der Waals surface area contributed by atoms with Gasteiger partial charge < -0.3 is 14.9 Å². The maximum Gasteiger partial charge on any atom is 0.253 e.